The molecule has 206 valence electrons. The van der Waals surface area contributed by atoms with Crippen molar-refractivity contribution in [3.63, 3.8) is 0 Å². The van der Waals surface area contributed by atoms with Gasteiger partial charge in [0, 0.05) is 0 Å². The third-order valence-corrected chi connectivity index (χ3v) is 17.3. The summed E-state index contributed by atoms with van der Waals surface area (Å²) in [6.07, 6.45) is 7.03. The number of allylic oxidation sites excluding steroid dienone is 2. The van der Waals surface area contributed by atoms with Crippen molar-refractivity contribution in [3.8, 4) is 0 Å². The minimum atomic E-state index is -1.99. The first-order valence-corrected chi connectivity index (χ1v) is 25.5. The molecule has 0 N–H and O–H groups in total. The van der Waals surface area contributed by atoms with Crippen molar-refractivity contribution >= 4 is 45.8 Å². The SMILES string of the molecule is CC(C)(C)[Si](C)(C)OC1=Cc2ccccc2C1[CH-]C1C(O[Si](C)(C)C(C)(C)C)=Cc2ccccc21.[Cl][Zr][Cl]. The van der Waals surface area contributed by atoms with Crippen LogP contribution in [0.5, 0.6) is 0 Å². The van der Waals surface area contributed by atoms with Crippen LogP contribution in [0, 0.1) is 6.42 Å². The molecule has 2 aliphatic rings. The van der Waals surface area contributed by atoms with Crippen LogP contribution in [0.15, 0.2) is 60.0 Å². The summed E-state index contributed by atoms with van der Waals surface area (Å²) in [4.78, 5) is 0. The van der Waals surface area contributed by atoms with E-state index in [2.05, 4.69) is 135 Å². The Kier molecular flexibility index (Phi) is 10.2. The Hall–Kier alpha value is -0.583. The molecule has 0 heterocycles. The van der Waals surface area contributed by atoms with Gasteiger partial charge in [-0.2, -0.15) is 0 Å². The maximum absolute atomic E-state index is 6.96. The standard InChI is InChI=1S/C31H43O2Si2.2ClH.Zr/c1-30(2,3)34(7,8)32-28-19-22-15-11-13-17-24(22)26(28)21-27-25-18-14-12-16-23(25)20-29(27)33-35(9,10)31(4,5)6;;;/h11-21,26-27H,1-10H3;2*1H;/q-1;;;+2/p-2. The summed E-state index contributed by atoms with van der Waals surface area (Å²) in [6.45, 7) is 23.2. The van der Waals surface area contributed by atoms with Gasteiger partial charge in [-0.05, 0) is 59.5 Å². The molecule has 7 heteroatoms. The molecule has 0 aromatic heterocycles. The second-order valence-corrected chi connectivity index (χ2v) is 26.5. The summed E-state index contributed by atoms with van der Waals surface area (Å²) >= 11 is -0.826. The van der Waals surface area contributed by atoms with Crippen LogP contribution < -0.4 is 0 Å². The Balaban J connectivity index is 0.00000127. The first-order valence-electron chi connectivity index (χ1n) is 13.3. The fraction of sp³-hybridized carbons (Fsp3) is 0.452. The Morgan fingerprint density at radius 3 is 1.29 bits per heavy atom. The van der Waals surface area contributed by atoms with Gasteiger partial charge >= 0.3 is 37.9 Å². The van der Waals surface area contributed by atoms with Gasteiger partial charge in [0.1, 0.15) is 0 Å². The normalized spacial score (nSPS) is 18.9. The number of hydrogen-bond acceptors (Lipinski definition) is 2. The number of hydrogen-bond donors (Lipinski definition) is 0. The van der Waals surface area contributed by atoms with Gasteiger partial charge in [0.15, 0.2) is 0 Å². The van der Waals surface area contributed by atoms with E-state index in [9.17, 15) is 0 Å². The molecular formula is C31H43Cl2O2Si2Zr-. The molecule has 0 saturated heterocycles. The molecule has 0 bridgehead atoms. The van der Waals surface area contributed by atoms with Crippen LogP contribution in [-0.4, -0.2) is 16.6 Å². The molecule has 2 aromatic rings. The van der Waals surface area contributed by atoms with E-state index < -0.39 is 37.5 Å². The van der Waals surface area contributed by atoms with Gasteiger partial charge in [-0.15, -0.1) is 0 Å². The Morgan fingerprint density at radius 1 is 0.658 bits per heavy atom. The third-order valence-electron chi connectivity index (χ3n) is 8.61. The molecule has 38 heavy (non-hydrogen) atoms. The number of fused-ring (bicyclic) bond motifs is 2. The van der Waals surface area contributed by atoms with E-state index in [-0.39, 0.29) is 21.9 Å². The molecular weight excluding hydrogens is 623 g/mol. The fourth-order valence-corrected chi connectivity index (χ4v) is 6.48. The second kappa shape index (κ2) is 12.1. The van der Waals surface area contributed by atoms with Crippen LogP contribution >= 0.6 is 17.0 Å². The van der Waals surface area contributed by atoms with Crippen molar-refractivity contribution in [3.05, 3.63) is 88.7 Å². The Morgan fingerprint density at radius 2 is 0.974 bits per heavy atom. The molecule has 2 unspecified atom stereocenters. The first kappa shape index (κ1) is 31.9. The zero-order valence-electron chi connectivity index (χ0n) is 24.6. The summed E-state index contributed by atoms with van der Waals surface area (Å²) in [6, 6.07) is 17.5. The summed E-state index contributed by atoms with van der Waals surface area (Å²) < 4.78 is 13.9. The van der Waals surface area contributed by atoms with Crippen molar-refractivity contribution < 1.29 is 29.7 Å². The molecule has 0 fully saturated rings. The predicted molar refractivity (Wildman–Crippen MR) is 167 cm³/mol. The van der Waals surface area contributed by atoms with Crippen molar-refractivity contribution in [2.45, 2.75) is 89.6 Å². The van der Waals surface area contributed by atoms with E-state index >= 15 is 0 Å². The van der Waals surface area contributed by atoms with E-state index in [1.165, 1.54) is 22.3 Å². The molecule has 0 spiro atoms. The van der Waals surface area contributed by atoms with Crippen LogP contribution in [0.25, 0.3) is 12.2 Å². The van der Waals surface area contributed by atoms with Crippen molar-refractivity contribution in [2.24, 2.45) is 0 Å². The summed E-state index contributed by atoms with van der Waals surface area (Å²) in [5.41, 5.74) is 5.20. The second-order valence-electron chi connectivity index (χ2n) is 13.3. The van der Waals surface area contributed by atoms with Crippen molar-refractivity contribution in [1.29, 1.82) is 0 Å². The van der Waals surface area contributed by atoms with Crippen LogP contribution in [0.3, 0.4) is 0 Å². The van der Waals surface area contributed by atoms with Crippen molar-refractivity contribution in [1.82, 2.24) is 0 Å². The number of benzene rings is 2. The summed E-state index contributed by atoms with van der Waals surface area (Å²) in [7, 11) is 5.90. The average Bonchev–Trinajstić information content (AvgIpc) is 3.30. The predicted octanol–water partition coefficient (Wildman–Crippen LogP) is 10.9. The molecule has 4 rings (SSSR count). The molecule has 0 radical (unpaired) electrons. The van der Waals surface area contributed by atoms with E-state index in [1.807, 2.05) is 0 Å². The first-order chi connectivity index (χ1) is 17.5. The van der Waals surface area contributed by atoms with Gasteiger partial charge in [-0.3, -0.25) is 6.42 Å². The maximum atomic E-state index is 6.96. The Bertz CT molecular complexity index is 1100. The molecule has 0 saturated carbocycles. The van der Waals surface area contributed by atoms with E-state index in [0.717, 1.165) is 11.5 Å². The van der Waals surface area contributed by atoms with Gasteiger partial charge in [0.05, 0.1) is 11.5 Å². The quantitative estimate of drug-likeness (QED) is 0.226. The number of rotatable bonds is 6. The zero-order valence-corrected chi connectivity index (χ0v) is 30.5. The van der Waals surface area contributed by atoms with Crippen LogP contribution in [0.2, 0.25) is 36.3 Å². The monoisotopic (exact) mass is 663 g/mol. The summed E-state index contributed by atoms with van der Waals surface area (Å²) in [5, 5.41) is 0.285. The average molecular weight is 666 g/mol. The molecule has 2 aromatic carbocycles. The molecule has 2 aliphatic carbocycles. The van der Waals surface area contributed by atoms with E-state index in [4.69, 9.17) is 25.9 Å². The molecule has 0 amide bonds. The van der Waals surface area contributed by atoms with E-state index in [1.54, 1.807) is 0 Å². The van der Waals surface area contributed by atoms with E-state index in [0.29, 0.717) is 0 Å². The molecule has 2 nitrogen and oxygen atoms in total. The van der Waals surface area contributed by atoms with Gasteiger partial charge in [-0.25, -0.2) is 0 Å². The van der Waals surface area contributed by atoms with Crippen LogP contribution in [0.4, 0.5) is 0 Å². The fourth-order valence-electron chi connectivity index (χ4n) is 4.31. The topological polar surface area (TPSA) is 18.5 Å². The van der Waals surface area contributed by atoms with Gasteiger partial charge in [0.2, 0.25) is 16.6 Å². The van der Waals surface area contributed by atoms with Crippen LogP contribution in [-0.2, 0) is 29.7 Å². The van der Waals surface area contributed by atoms with Crippen molar-refractivity contribution in [2.75, 3.05) is 0 Å². The minimum absolute atomic E-state index is 0.114. The van der Waals surface area contributed by atoms with Crippen LogP contribution in [0.1, 0.15) is 75.6 Å². The van der Waals surface area contributed by atoms with Gasteiger partial charge in [0.25, 0.3) is 0 Å². The summed E-state index contributed by atoms with van der Waals surface area (Å²) in [5.74, 6) is 2.41. The Labute approximate surface area is 252 Å². The molecule has 0 aliphatic heterocycles. The molecule has 2 atom stereocenters. The van der Waals surface area contributed by atoms with Gasteiger partial charge in [-0.1, -0.05) is 113 Å². The third kappa shape index (κ3) is 7.00. The number of halogens is 2. The van der Waals surface area contributed by atoms with Gasteiger partial charge < -0.3 is 8.85 Å². The zero-order chi connectivity index (χ0) is 28.5.